The predicted octanol–water partition coefficient (Wildman–Crippen LogP) is 3.17. The van der Waals surface area contributed by atoms with Gasteiger partial charge in [0.15, 0.2) is 6.61 Å². The van der Waals surface area contributed by atoms with Gasteiger partial charge in [-0.15, -0.1) is 0 Å². The molecule has 1 aromatic rings. The SMILES string of the molecule is CCCNCc1cccc(Cl)c1OCC(=O)OC(C)C. The van der Waals surface area contributed by atoms with Crippen molar-refractivity contribution in [2.75, 3.05) is 13.2 Å². The minimum absolute atomic E-state index is 0.136. The van der Waals surface area contributed by atoms with Gasteiger partial charge in [0.25, 0.3) is 0 Å². The Hall–Kier alpha value is -1.26. The summed E-state index contributed by atoms with van der Waals surface area (Å²) in [5, 5.41) is 3.78. The Morgan fingerprint density at radius 3 is 2.80 bits per heavy atom. The van der Waals surface area contributed by atoms with Crippen LogP contribution in [0.25, 0.3) is 0 Å². The van der Waals surface area contributed by atoms with Gasteiger partial charge in [0.1, 0.15) is 5.75 Å². The van der Waals surface area contributed by atoms with Crippen LogP contribution in [0.2, 0.25) is 5.02 Å². The van der Waals surface area contributed by atoms with Gasteiger partial charge >= 0.3 is 5.97 Å². The first-order valence-corrected chi connectivity index (χ1v) is 7.22. The highest BCUT2D eigenvalue weighted by molar-refractivity contribution is 6.32. The number of halogens is 1. The third-order valence-corrected chi connectivity index (χ3v) is 2.79. The van der Waals surface area contributed by atoms with Gasteiger partial charge in [0.2, 0.25) is 0 Å². The molecule has 1 N–H and O–H groups in total. The summed E-state index contributed by atoms with van der Waals surface area (Å²) in [6.07, 6.45) is 0.903. The van der Waals surface area contributed by atoms with Gasteiger partial charge in [0, 0.05) is 12.1 Å². The number of rotatable bonds is 8. The topological polar surface area (TPSA) is 47.6 Å². The number of esters is 1. The van der Waals surface area contributed by atoms with Crippen LogP contribution >= 0.6 is 11.6 Å². The van der Waals surface area contributed by atoms with Gasteiger partial charge < -0.3 is 14.8 Å². The van der Waals surface area contributed by atoms with E-state index >= 15 is 0 Å². The monoisotopic (exact) mass is 299 g/mol. The molecule has 0 fully saturated rings. The first kappa shape index (κ1) is 16.8. The fraction of sp³-hybridized carbons (Fsp3) is 0.533. The molecule has 0 saturated carbocycles. The molecule has 0 aliphatic heterocycles. The molecular weight excluding hydrogens is 278 g/mol. The zero-order chi connectivity index (χ0) is 15.0. The normalized spacial score (nSPS) is 10.7. The molecule has 0 atom stereocenters. The number of hydrogen-bond donors (Lipinski definition) is 1. The maximum atomic E-state index is 11.5. The van der Waals surface area contributed by atoms with Gasteiger partial charge in [0.05, 0.1) is 11.1 Å². The molecule has 1 aromatic carbocycles. The van der Waals surface area contributed by atoms with Crippen molar-refractivity contribution in [3.8, 4) is 5.75 Å². The molecule has 112 valence electrons. The van der Waals surface area contributed by atoms with Crippen LogP contribution in [0, 0.1) is 0 Å². The van der Waals surface area contributed by atoms with Crippen molar-refractivity contribution in [3.05, 3.63) is 28.8 Å². The van der Waals surface area contributed by atoms with E-state index in [1.807, 2.05) is 12.1 Å². The van der Waals surface area contributed by atoms with Crippen molar-refractivity contribution in [1.29, 1.82) is 0 Å². The summed E-state index contributed by atoms with van der Waals surface area (Å²) in [5.74, 6) is 0.144. The van der Waals surface area contributed by atoms with Crippen molar-refractivity contribution in [2.45, 2.75) is 39.8 Å². The fourth-order valence-electron chi connectivity index (χ4n) is 1.68. The van der Waals surface area contributed by atoms with E-state index in [-0.39, 0.29) is 12.7 Å². The first-order valence-electron chi connectivity index (χ1n) is 6.85. The molecule has 0 aromatic heterocycles. The lowest BCUT2D eigenvalue weighted by molar-refractivity contribution is -0.149. The largest absolute Gasteiger partial charge is 0.480 e. The Balaban J connectivity index is 2.65. The van der Waals surface area contributed by atoms with Crippen molar-refractivity contribution in [3.63, 3.8) is 0 Å². The first-order chi connectivity index (χ1) is 9.54. The molecule has 1 rings (SSSR count). The number of carbonyl (C=O) groups excluding carboxylic acids is 1. The second-order valence-corrected chi connectivity index (χ2v) is 5.14. The summed E-state index contributed by atoms with van der Waals surface area (Å²) >= 11 is 6.13. The zero-order valence-corrected chi connectivity index (χ0v) is 13.0. The van der Waals surface area contributed by atoms with Crippen LogP contribution < -0.4 is 10.1 Å². The van der Waals surface area contributed by atoms with E-state index in [1.54, 1.807) is 19.9 Å². The Labute approximate surface area is 125 Å². The van der Waals surface area contributed by atoms with Gasteiger partial charge in [-0.1, -0.05) is 30.7 Å². The molecule has 0 radical (unpaired) electrons. The van der Waals surface area contributed by atoms with Crippen LogP contribution in [-0.4, -0.2) is 25.2 Å². The number of ether oxygens (including phenoxy) is 2. The van der Waals surface area contributed by atoms with Crippen molar-refractivity contribution >= 4 is 17.6 Å². The fourth-order valence-corrected chi connectivity index (χ4v) is 1.93. The van der Waals surface area contributed by atoms with Crippen LogP contribution in [0.15, 0.2) is 18.2 Å². The third kappa shape index (κ3) is 5.80. The van der Waals surface area contributed by atoms with E-state index in [4.69, 9.17) is 21.1 Å². The predicted molar refractivity (Wildman–Crippen MR) is 80.2 cm³/mol. The number of benzene rings is 1. The molecule has 0 bridgehead atoms. The maximum absolute atomic E-state index is 11.5. The molecule has 0 spiro atoms. The highest BCUT2D eigenvalue weighted by atomic mass is 35.5. The Kier molecular flexibility index (Phi) is 7.41. The Morgan fingerprint density at radius 1 is 1.40 bits per heavy atom. The maximum Gasteiger partial charge on any atom is 0.344 e. The van der Waals surface area contributed by atoms with Crippen LogP contribution in [0.3, 0.4) is 0 Å². The average Bonchev–Trinajstić information content (AvgIpc) is 2.37. The summed E-state index contributed by atoms with van der Waals surface area (Å²) in [5.41, 5.74) is 0.934. The molecular formula is C15H22ClNO3. The summed E-state index contributed by atoms with van der Waals surface area (Å²) in [6, 6.07) is 5.54. The van der Waals surface area contributed by atoms with E-state index in [9.17, 15) is 4.79 Å². The molecule has 20 heavy (non-hydrogen) atoms. The molecule has 0 unspecified atom stereocenters. The van der Waals surface area contributed by atoms with Crippen LogP contribution in [0.4, 0.5) is 0 Å². The lowest BCUT2D eigenvalue weighted by atomic mass is 10.2. The molecule has 0 aliphatic rings. The Bertz CT molecular complexity index is 435. The van der Waals surface area contributed by atoms with Crippen LogP contribution in [-0.2, 0) is 16.1 Å². The molecule has 0 saturated heterocycles. The number of carbonyl (C=O) groups is 1. The van der Waals surface area contributed by atoms with Gasteiger partial charge in [-0.2, -0.15) is 0 Å². The van der Waals surface area contributed by atoms with E-state index < -0.39 is 5.97 Å². The van der Waals surface area contributed by atoms with E-state index in [0.29, 0.717) is 17.3 Å². The van der Waals surface area contributed by atoms with Gasteiger partial charge in [-0.3, -0.25) is 0 Å². The summed E-state index contributed by atoms with van der Waals surface area (Å²) in [6.45, 7) is 7.14. The number of hydrogen-bond acceptors (Lipinski definition) is 4. The molecule has 0 aliphatic carbocycles. The summed E-state index contributed by atoms with van der Waals surface area (Å²) in [7, 11) is 0. The zero-order valence-electron chi connectivity index (χ0n) is 12.2. The standard InChI is InChI=1S/C15H22ClNO3/c1-4-8-17-9-12-6-5-7-13(16)15(12)19-10-14(18)20-11(2)3/h5-7,11,17H,4,8-10H2,1-3H3. The van der Waals surface area contributed by atoms with E-state index in [0.717, 1.165) is 18.5 Å². The van der Waals surface area contributed by atoms with Crippen molar-refractivity contribution in [2.24, 2.45) is 0 Å². The third-order valence-electron chi connectivity index (χ3n) is 2.49. The summed E-state index contributed by atoms with van der Waals surface area (Å²) < 4.78 is 10.5. The highest BCUT2D eigenvalue weighted by Crippen LogP contribution is 2.28. The quantitative estimate of drug-likeness (QED) is 0.592. The molecule has 0 heterocycles. The second-order valence-electron chi connectivity index (χ2n) is 4.73. The van der Waals surface area contributed by atoms with Crippen molar-refractivity contribution < 1.29 is 14.3 Å². The lowest BCUT2D eigenvalue weighted by Gasteiger charge is -2.14. The van der Waals surface area contributed by atoms with Crippen molar-refractivity contribution in [1.82, 2.24) is 5.32 Å². The van der Waals surface area contributed by atoms with E-state index in [2.05, 4.69) is 12.2 Å². The van der Waals surface area contributed by atoms with Gasteiger partial charge in [-0.05, 0) is 32.9 Å². The molecule has 0 amide bonds. The number of nitrogens with one attached hydrogen (secondary N) is 1. The highest BCUT2D eigenvalue weighted by Gasteiger charge is 2.12. The molecule has 5 heteroatoms. The minimum atomic E-state index is -0.396. The lowest BCUT2D eigenvalue weighted by Crippen LogP contribution is -2.20. The van der Waals surface area contributed by atoms with Crippen LogP contribution in [0.1, 0.15) is 32.8 Å². The molecule has 4 nitrogen and oxygen atoms in total. The smallest absolute Gasteiger partial charge is 0.344 e. The van der Waals surface area contributed by atoms with Gasteiger partial charge in [-0.25, -0.2) is 4.79 Å². The minimum Gasteiger partial charge on any atom is -0.480 e. The number of para-hydroxylation sites is 1. The van der Waals surface area contributed by atoms with Crippen LogP contribution in [0.5, 0.6) is 5.75 Å². The van der Waals surface area contributed by atoms with E-state index in [1.165, 1.54) is 0 Å². The average molecular weight is 300 g/mol. The summed E-state index contributed by atoms with van der Waals surface area (Å²) in [4.78, 5) is 11.5. The second kappa shape index (κ2) is 8.82. The Morgan fingerprint density at radius 2 is 2.15 bits per heavy atom.